The van der Waals surface area contributed by atoms with E-state index in [4.69, 9.17) is 5.11 Å². The van der Waals surface area contributed by atoms with E-state index in [0.29, 0.717) is 12.5 Å². The fourth-order valence-electron chi connectivity index (χ4n) is 1.56. The molecule has 7 heteroatoms. The highest BCUT2D eigenvalue weighted by atomic mass is 19.1. The van der Waals surface area contributed by atoms with Crippen molar-refractivity contribution >= 4 is 17.7 Å². The van der Waals surface area contributed by atoms with Crippen LogP contribution in [0.3, 0.4) is 0 Å². The van der Waals surface area contributed by atoms with Gasteiger partial charge in [0, 0.05) is 13.6 Å². The van der Waals surface area contributed by atoms with E-state index in [0.717, 1.165) is 12.3 Å². The summed E-state index contributed by atoms with van der Waals surface area (Å²) in [4.78, 5) is 27.8. The number of likely N-dealkylation sites (N-methyl/N-ethyl adjacent to an activating group) is 1. The molecular weight excluding hydrogens is 265 g/mol. The van der Waals surface area contributed by atoms with Crippen LogP contribution in [0.1, 0.15) is 24.2 Å². The van der Waals surface area contributed by atoms with Crippen LogP contribution in [0.5, 0.6) is 0 Å². The first-order valence-electron chi connectivity index (χ1n) is 6.18. The van der Waals surface area contributed by atoms with Gasteiger partial charge in [-0.2, -0.15) is 0 Å². The van der Waals surface area contributed by atoms with Crippen LogP contribution in [0, 0.1) is 11.7 Å². The molecule has 0 aromatic carbocycles. The van der Waals surface area contributed by atoms with Crippen LogP contribution in [-0.4, -0.2) is 42.1 Å². The highest BCUT2D eigenvalue weighted by Crippen LogP contribution is 2.17. The third-order valence-electron chi connectivity index (χ3n) is 2.51. The van der Waals surface area contributed by atoms with E-state index in [1.54, 1.807) is 0 Å². The molecule has 0 fully saturated rings. The van der Waals surface area contributed by atoms with Crippen LogP contribution in [0.25, 0.3) is 0 Å². The van der Waals surface area contributed by atoms with Crippen molar-refractivity contribution in [1.29, 1.82) is 0 Å². The van der Waals surface area contributed by atoms with Crippen LogP contribution in [-0.2, 0) is 4.79 Å². The largest absolute Gasteiger partial charge is 0.478 e. The van der Waals surface area contributed by atoms with Crippen LogP contribution >= 0.6 is 0 Å². The maximum absolute atomic E-state index is 13.0. The molecule has 0 unspecified atom stereocenters. The predicted octanol–water partition coefficient (Wildman–Crippen LogP) is 1.13. The summed E-state index contributed by atoms with van der Waals surface area (Å²) in [5.74, 6) is -1.89. The summed E-state index contributed by atoms with van der Waals surface area (Å²) >= 11 is 0. The quantitative estimate of drug-likeness (QED) is 0.817. The number of rotatable bonds is 6. The smallest absolute Gasteiger partial charge is 0.339 e. The Balaban J connectivity index is 2.79. The highest BCUT2D eigenvalue weighted by Gasteiger charge is 2.18. The minimum Gasteiger partial charge on any atom is -0.478 e. The van der Waals surface area contributed by atoms with Crippen LogP contribution in [0.4, 0.5) is 10.2 Å². The van der Waals surface area contributed by atoms with Gasteiger partial charge in [-0.15, -0.1) is 0 Å². The molecule has 2 N–H and O–H groups in total. The Morgan fingerprint density at radius 3 is 2.70 bits per heavy atom. The number of halogens is 1. The van der Waals surface area contributed by atoms with Crippen molar-refractivity contribution in [3.05, 3.63) is 23.6 Å². The number of aromatic nitrogens is 1. The Kier molecular flexibility index (Phi) is 5.42. The summed E-state index contributed by atoms with van der Waals surface area (Å²) in [6.07, 6.45) is 0.921. The maximum atomic E-state index is 13.0. The van der Waals surface area contributed by atoms with E-state index < -0.39 is 11.8 Å². The van der Waals surface area contributed by atoms with Crippen LogP contribution in [0.2, 0.25) is 0 Å². The molecule has 0 aliphatic carbocycles. The number of nitrogens with zero attached hydrogens (tertiary/aromatic N) is 2. The van der Waals surface area contributed by atoms with Gasteiger partial charge in [0.15, 0.2) is 0 Å². The Hall–Kier alpha value is -2.18. The molecule has 0 aliphatic rings. The van der Waals surface area contributed by atoms with Crippen molar-refractivity contribution in [1.82, 2.24) is 10.3 Å². The number of carboxylic acids is 1. The maximum Gasteiger partial charge on any atom is 0.339 e. The molecular formula is C13H18FN3O3. The monoisotopic (exact) mass is 283 g/mol. The molecule has 1 aromatic rings. The van der Waals surface area contributed by atoms with E-state index in [1.807, 2.05) is 13.8 Å². The summed E-state index contributed by atoms with van der Waals surface area (Å²) < 4.78 is 13.0. The van der Waals surface area contributed by atoms with Crippen molar-refractivity contribution in [2.75, 3.05) is 25.0 Å². The molecule has 1 rings (SSSR count). The minimum absolute atomic E-state index is 0.0500. The Morgan fingerprint density at radius 1 is 1.50 bits per heavy atom. The second-order valence-electron chi connectivity index (χ2n) is 4.88. The van der Waals surface area contributed by atoms with E-state index in [9.17, 15) is 14.0 Å². The van der Waals surface area contributed by atoms with Gasteiger partial charge in [-0.1, -0.05) is 13.8 Å². The number of aromatic carboxylic acids is 1. The number of nitrogens with one attached hydrogen (secondary N) is 1. The van der Waals surface area contributed by atoms with Crippen LogP contribution < -0.4 is 10.2 Å². The van der Waals surface area contributed by atoms with E-state index in [2.05, 4.69) is 10.3 Å². The molecule has 1 amide bonds. The normalized spacial score (nSPS) is 10.4. The molecule has 0 atom stereocenters. The second-order valence-corrected chi connectivity index (χ2v) is 4.88. The fraction of sp³-hybridized carbons (Fsp3) is 0.462. The summed E-state index contributed by atoms with van der Waals surface area (Å²) in [6.45, 7) is 4.42. The highest BCUT2D eigenvalue weighted by molar-refractivity contribution is 5.94. The van der Waals surface area contributed by atoms with Gasteiger partial charge in [-0.05, 0) is 12.0 Å². The summed E-state index contributed by atoms with van der Waals surface area (Å²) in [7, 11) is 1.53. The number of carbonyl (C=O) groups excluding carboxylic acids is 1. The first-order chi connectivity index (χ1) is 9.31. The third-order valence-corrected chi connectivity index (χ3v) is 2.51. The zero-order chi connectivity index (χ0) is 15.3. The van der Waals surface area contributed by atoms with Gasteiger partial charge in [0.1, 0.15) is 17.2 Å². The van der Waals surface area contributed by atoms with Gasteiger partial charge in [-0.3, -0.25) is 4.79 Å². The first kappa shape index (κ1) is 15.9. The zero-order valence-corrected chi connectivity index (χ0v) is 11.7. The molecule has 0 aliphatic heterocycles. The minimum atomic E-state index is -1.29. The van der Waals surface area contributed by atoms with E-state index in [-0.39, 0.29) is 23.8 Å². The number of carboxylic acid groups (broad SMARTS) is 1. The van der Waals surface area contributed by atoms with Crippen molar-refractivity contribution in [2.45, 2.75) is 13.8 Å². The molecule has 110 valence electrons. The lowest BCUT2D eigenvalue weighted by Crippen LogP contribution is -2.37. The molecule has 20 heavy (non-hydrogen) atoms. The van der Waals surface area contributed by atoms with Crippen molar-refractivity contribution in [2.24, 2.45) is 5.92 Å². The molecule has 1 heterocycles. The lowest BCUT2D eigenvalue weighted by Gasteiger charge is -2.19. The van der Waals surface area contributed by atoms with Gasteiger partial charge in [-0.25, -0.2) is 14.2 Å². The standard InChI is InChI=1S/C13H18FN3O3/c1-8(2)5-15-11(18)7-17(3)12-10(13(19)20)4-9(14)6-16-12/h4,6,8H,5,7H2,1-3H3,(H,15,18)(H,19,20). The molecule has 0 saturated carbocycles. The Morgan fingerprint density at radius 2 is 2.15 bits per heavy atom. The summed E-state index contributed by atoms with van der Waals surface area (Å²) in [5.41, 5.74) is -0.274. The molecule has 0 bridgehead atoms. The number of anilines is 1. The third kappa shape index (κ3) is 4.49. The zero-order valence-electron chi connectivity index (χ0n) is 11.7. The van der Waals surface area contributed by atoms with Gasteiger partial charge >= 0.3 is 5.97 Å². The number of carbonyl (C=O) groups is 2. The van der Waals surface area contributed by atoms with Crippen molar-refractivity contribution in [3.8, 4) is 0 Å². The topological polar surface area (TPSA) is 82.5 Å². The lowest BCUT2D eigenvalue weighted by molar-refractivity contribution is -0.119. The molecule has 1 aromatic heterocycles. The van der Waals surface area contributed by atoms with Crippen molar-refractivity contribution < 1.29 is 19.1 Å². The second kappa shape index (κ2) is 6.83. The molecule has 0 radical (unpaired) electrons. The Bertz CT molecular complexity index is 506. The molecule has 0 saturated heterocycles. The van der Waals surface area contributed by atoms with Gasteiger partial charge in [0.05, 0.1) is 12.7 Å². The summed E-state index contributed by atoms with van der Waals surface area (Å²) in [6, 6.07) is 0.882. The van der Waals surface area contributed by atoms with Gasteiger partial charge < -0.3 is 15.3 Å². The molecule has 0 spiro atoms. The first-order valence-corrected chi connectivity index (χ1v) is 6.18. The lowest BCUT2D eigenvalue weighted by atomic mass is 10.2. The molecule has 6 nitrogen and oxygen atoms in total. The number of amides is 1. The van der Waals surface area contributed by atoms with Crippen LogP contribution in [0.15, 0.2) is 12.3 Å². The fourth-order valence-corrected chi connectivity index (χ4v) is 1.56. The van der Waals surface area contributed by atoms with Gasteiger partial charge in [0.25, 0.3) is 0 Å². The summed E-state index contributed by atoms with van der Waals surface area (Å²) in [5, 5.41) is 11.7. The van der Waals surface area contributed by atoms with E-state index in [1.165, 1.54) is 11.9 Å². The number of pyridine rings is 1. The van der Waals surface area contributed by atoms with Gasteiger partial charge in [0.2, 0.25) is 5.91 Å². The number of hydrogen-bond acceptors (Lipinski definition) is 4. The van der Waals surface area contributed by atoms with E-state index >= 15 is 0 Å². The SMILES string of the molecule is CC(C)CNC(=O)CN(C)c1ncc(F)cc1C(=O)O. The average molecular weight is 283 g/mol. The van der Waals surface area contributed by atoms with Crippen molar-refractivity contribution in [3.63, 3.8) is 0 Å². The average Bonchev–Trinajstić information content (AvgIpc) is 2.35. The Labute approximate surface area is 116 Å². The number of hydrogen-bond donors (Lipinski definition) is 2. The predicted molar refractivity (Wildman–Crippen MR) is 72.3 cm³/mol.